The van der Waals surface area contributed by atoms with Crippen molar-refractivity contribution in [3.8, 4) is 17.5 Å². The number of hydrogen-bond donors (Lipinski definition) is 0. The van der Waals surface area contributed by atoms with Gasteiger partial charge in [0.05, 0.1) is 0 Å². The van der Waals surface area contributed by atoms with Crippen molar-refractivity contribution in [2.45, 2.75) is 6.92 Å². The molecule has 158 valence electrons. The maximum Gasteiger partial charge on any atom is 0.254 e. The van der Waals surface area contributed by atoms with Gasteiger partial charge in [-0.1, -0.05) is 54.1 Å². The van der Waals surface area contributed by atoms with Gasteiger partial charge in [-0.05, 0) is 35.9 Å². The van der Waals surface area contributed by atoms with E-state index in [1.807, 2.05) is 83.5 Å². The van der Waals surface area contributed by atoms with Crippen molar-refractivity contribution in [1.29, 1.82) is 5.26 Å². The van der Waals surface area contributed by atoms with E-state index < -0.39 is 0 Å². The van der Waals surface area contributed by atoms with Gasteiger partial charge in [-0.25, -0.2) is 0 Å². The number of aryl methyl sites for hydroxylation is 1. The summed E-state index contributed by atoms with van der Waals surface area (Å²) in [4.78, 5) is 21.5. The second-order valence-corrected chi connectivity index (χ2v) is 7.96. The number of nitrogens with zero attached hydrogens (tertiary/aromatic N) is 4. The Bertz CT molecular complexity index is 1320. The summed E-state index contributed by atoms with van der Waals surface area (Å²) in [6.45, 7) is 4.27. The number of nitriles is 1. The zero-order valence-electron chi connectivity index (χ0n) is 17.8. The van der Waals surface area contributed by atoms with Gasteiger partial charge in [0, 0.05) is 37.3 Å². The van der Waals surface area contributed by atoms with Crippen LogP contribution in [-0.4, -0.2) is 42.0 Å². The zero-order chi connectivity index (χ0) is 22.1. The van der Waals surface area contributed by atoms with E-state index in [1.165, 1.54) is 0 Å². The Morgan fingerprint density at radius 3 is 2.44 bits per heavy atom. The first-order valence-corrected chi connectivity index (χ1v) is 10.6. The van der Waals surface area contributed by atoms with Gasteiger partial charge in [0.2, 0.25) is 17.5 Å². The summed E-state index contributed by atoms with van der Waals surface area (Å²) in [5.41, 5.74) is 2.97. The molecule has 4 aromatic rings. The lowest BCUT2D eigenvalue weighted by Crippen LogP contribution is -2.49. The number of anilines is 1. The molecule has 0 atom stereocenters. The van der Waals surface area contributed by atoms with Gasteiger partial charge < -0.3 is 14.2 Å². The molecular weight excluding hydrogens is 400 g/mol. The van der Waals surface area contributed by atoms with Gasteiger partial charge in [-0.2, -0.15) is 10.2 Å². The summed E-state index contributed by atoms with van der Waals surface area (Å²) in [6.07, 6.45) is 0. The predicted molar refractivity (Wildman–Crippen MR) is 123 cm³/mol. The Kier molecular flexibility index (Phi) is 5.08. The number of benzene rings is 3. The highest BCUT2D eigenvalue weighted by atomic mass is 16.4. The fourth-order valence-corrected chi connectivity index (χ4v) is 4.11. The molecule has 1 aliphatic heterocycles. The molecule has 2 heterocycles. The van der Waals surface area contributed by atoms with Crippen molar-refractivity contribution in [3.05, 3.63) is 83.6 Å². The molecule has 1 amide bonds. The first-order chi connectivity index (χ1) is 15.6. The van der Waals surface area contributed by atoms with Gasteiger partial charge in [0.1, 0.15) is 6.07 Å². The Morgan fingerprint density at radius 1 is 0.969 bits per heavy atom. The summed E-state index contributed by atoms with van der Waals surface area (Å²) in [5, 5.41) is 11.6. The fraction of sp³-hybridized carbons (Fsp3) is 0.192. The quantitative estimate of drug-likeness (QED) is 0.481. The zero-order valence-corrected chi connectivity index (χ0v) is 17.8. The second kappa shape index (κ2) is 8.20. The molecular formula is C26H22N4O2. The lowest BCUT2D eigenvalue weighted by molar-refractivity contribution is 0.0747. The lowest BCUT2D eigenvalue weighted by Gasteiger charge is -2.34. The fourth-order valence-electron chi connectivity index (χ4n) is 4.11. The molecule has 0 saturated carbocycles. The van der Waals surface area contributed by atoms with E-state index in [-0.39, 0.29) is 11.6 Å². The molecule has 0 bridgehead atoms. The van der Waals surface area contributed by atoms with Crippen molar-refractivity contribution in [3.63, 3.8) is 0 Å². The third-order valence-corrected chi connectivity index (χ3v) is 5.89. The molecule has 32 heavy (non-hydrogen) atoms. The van der Waals surface area contributed by atoms with Crippen molar-refractivity contribution in [1.82, 2.24) is 9.88 Å². The van der Waals surface area contributed by atoms with Crippen molar-refractivity contribution in [2.24, 2.45) is 0 Å². The van der Waals surface area contributed by atoms with Crippen LogP contribution in [0, 0.1) is 18.3 Å². The minimum absolute atomic E-state index is 0.0277. The van der Waals surface area contributed by atoms with Crippen LogP contribution in [0.1, 0.15) is 21.6 Å². The normalized spacial score (nSPS) is 13.9. The van der Waals surface area contributed by atoms with E-state index in [1.54, 1.807) is 0 Å². The highest BCUT2D eigenvalue weighted by Gasteiger charge is 2.27. The van der Waals surface area contributed by atoms with Crippen LogP contribution in [0.4, 0.5) is 5.88 Å². The minimum atomic E-state index is 0.0277. The molecule has 0 spiro atoms. The van der Waals surface area contributed by atoms with Crippen LogP contribution in [0.2, 0.25) is 0 Å². The molecule has 6 nitrogen and oxygen atoms in total. The number of oxazole rings is 1. The van der Waals surface area contributed by atoms with E-state index in [9.17, 15) is 10.1 Å². The number of carbonyl (C=O) groups is 1. The molecule has 6 heteroatoms. The monoisotopic (exact) mass is 422 g/mol. The van der Waals surface area contributed by atoms with E-state index >= 15 is 0 Å². The Morgan fingerprint density at radius 2 is 1.69 bits per heavy atom. The molecule has 0 radical (unpaired) electrons. The second-order valence-electron chi connectivity index (χ2n) is 7.96. The third kappa shape index (κ3) is 3.58. The first kappa shape index (κ1) is 19.8. The minimum Gasteiger partial charge on any atom is -0.419 e. The van der Waals surface area contributed by atoms with E-state index in [0.29, 0.717) is 38.0 Å². The van der Waals surface area contributed by atoms with Crippen LogP contribution >= 0.6 is 0 Å². The van der Waals surface area contributed by atoms with E-state index in [0.717, 1.165) is 27.5 Å². The van der Waals surface area contributed by atoms with Gasteiger partial charge >= 0.3 is 0 Å². The largest absolute Gasteiger partial charge is 0.419 e. The van der Waals surface area contributed by atoms with Crippen LogP contribution in [0.3, 0.4) is 0 Å². The smallest absolute Gasteiger partial charge is 0.254 e. The van der Waals surface area contributed by atoms with Gasteiger partial charge in [-0.3, -0.25) is 4.79 Å². The Labute approximate surface area is 186 Å². The van der Waals surface area contributed by atoms with Crippen LogP contribution < -0.4 is 4.90 Å². The molecule has 1 saturated heterocycles. The highest BCUT2D eigenvalue weighted by Crippen LogP contribution is 2.29. The maximum absolute atomic E-state index is 13.2. The molecule has 0 aliphatic carbocycles. The maximum atomic E-state index is 13.2. The first-order valence-electron chi connectivity index (χ1n) is 10.6. The number of carbonyl (C=O) groups excluding carboxylic acids is 1. The molecule has 1 aromatic heterocycles. The number of amides is 1. The van der Waals surface area contributed by atoms with Crippen LogP contribution in [0.15, 0.2) is 71.1 Å². The van der Waals surface area contributed by atoms with Crippen molar-refractivity contribution < 1.29 is 9.21 Å². The van der Waals surface area contributed by atoms with E-state index in [4.69, 9.17) is 4.42 Å². The summed E-state index contributed by atoms with van der Waals surface area (Å²) >= 11 is 0. The summed E-state index contributed by atoms with van der Waals surface area (Å²) in [6, 6.07) is 23.8. The van der Waals surface area contributed by atoms with Crippen molar-refractivity contribution in [2.75, 3.05) is 31.1 Å². The van der Waals surface area contributed by atoms with E-state index in [2.05, 4.69) is 11.1 Å². The summed E-state index contributed by atoms with van der Waals surface area (Å²) in [7, 11) is 0. The van der Waals surface area contributed by atoms with Gasteiger partial charge in [0.15, 0.2) is 0 Å². The Hall–Kier alpha value is -4.11. The number of fused-ring (bicyclic) bond motifs is 1. The molecule has 5 rings (SSSR count). The van der Waals surface area contributed by atoms with Crippen LogP contribution in [-0.2, 0) is 0 Å². The molecule has 3 aromatic carbocycles. The molecule has 0 N–H and O–H groups in total. The highest BCUT2D eigenvalue weighted by molar-refractivity contribution is 6.07. The predicted octanol–water partition coefficient (Wildman–Crippen LogP) is 4.64. The SMILES string of the molecule is Cc1ccc(-c2nc(C#N)c(N3CCN(C(=O)c4cccc5ccccc45)CC3)o2)cc1. The lowest BCUT2D eigenvalue weighted by atomic mass is 10.0. The average molecular weight is 422 g/mol. The standard InChI is InChI=1S/C26H22N4O2/c1-18-9-11-20(12-10-18)24-28-23(17-27)26(32-24)30-15-13-29(14-16-30)25(31)22-8-4-6-19-5-2-3-7-21(19)22/h2-12H,13-16H2,1H3. The average Bonchev–Trinajstić information content (AvgIpc) is 3.28. The molecule has 1 aliphatic rings. The molecule has 0 unspecified atom stereocenters. The molecule has 1 fully saturated rings. The van der Waals surface area contributed by atoms with Gasteiger partial charge in [0.25, 0.3) is 5.91 Å². The Balaban J connectivity index is 1.34. The van der Waals surface area contributed by atoms with Crippen LogP contribution in [0.25, 0.3) is 22.2 Å². The van der Waals surface area contributed by atoms with Gasteiger partial charge in [-0.15, -0.1) is 0 Å². The number of hydrogen-bond acceptors (Lipinski definition) is 5. The van der Waals surface area contributed by atoms with Crippen LogP contribution in [0.5, 0.6) is 0 Å². The number of aromatic nitrogens is 1. The topological polar surface area (TPSA) is 73.4 Å². The summed E-state index contributed by atoms with van der Waals surface area (Å²) < 4.78 is 6.00. The van der Waals surface area contributed by atoms with Crippen molar-refractivity contribution >= 4 is 22.6 Å². The number of rotatable bonds is 3. The number of piperazine rings is 1. The summed E-state index contributed by atoms with van der Waals surface area (Å²) in [5.74, 6) is 0.936. The third-order valence-electron chi connectivity index (χ3n) is 5.89.